The number of carbonyl (C=O) groups is 1. The van der Waals surface area contributed by atoms with Crippen LogP contribution in [0.25, 0.3) is 0 Å². The fraction of sp³-hybridized carbons (Fsp3) is 0.733. The second kappa shape index (κ2) is 5.97. The van der Waals surface area contributed by atoms with Crippen LogP contribution in [0.15, 0.2) is 6.07 Å². The number of aromatic nitrogens is 2. The molecule has 2 N–H and O–H groups in total. The summed E-state index contributed by atoms with van der Waals surface area (Å²) in [5, 5.41) is 10.7. The smallest absolute Gasteiger partial charge is 0.274 e. The third-order valence-electron chi connectivity index (χ3n) is 4.49. The summed E-state index contributed by atoms with van der Waals surface area (Å²) in [6, 6.07) is 2.64. The highest BCUT2D eigenvalue weighted by atomic mass is 35.5. The predicted octanol–water partition coefficient (Wildman–Crippen LogP) is 2.10. The van der Waals surface area contributed by atoms with E-state index >= 15 is 0 Å². The molecule has 0 aromatic carbocycles. The molecule has 1 amide bonds. The molecule has 1 aromatic rings. The molecule has 118 valence electrons. The molecule has 2 aliphatic heterocycles. The van der Waals surface area contributed by atoms with Gasteiger partial charge in [-0.2, -0.15) is 5.10 Å². The lowest BCUT2D eigenvalue weighted by Gasteiger charge is -2.27. The Morgan fingerprint density at radius 3 is 2.67 bits per heavy atom. The van der Waals surface area contributed by atoms with Gasteiger partial charge in [0.2, 0.25) is 0 Å². The highest BCUT2D eigenvalue weighted by Gasteiger charge is 2.39. The lowest BCUT2D eigenvalue weighted by molar-refractivity contribution is 0.0674. The Labute approximate surface area is 132 Å². The van der Waals surface area contributed by atoms with E-state index in [0.717, 1.165) is 38.0 Å². The predicted molar refractivity (Wildman–Crippen MR) is 85.0 cm³/mol. The molecule has 2 aliphatic rings. The van der Waals surface area contributed by atoms with E-state index < -0.39 is 0 Å². The van der Waals surface area contributed by atoms with Crippen molar-refractivity contribution in [2.45, 2.75) is 57.5 Å². The summed E-state index contributed by atoms with van der Waals surface area (Å²) in [6.45, 7) is 8.29. The first-order chi connectivity index (χ1) is 9.47. The van der Waals surface area contributed by atoms with Crippen LogP contribution in [0.4, 0.5) is 0 Å². The fourth-order valence-electron chi connectivity index (χ4n) is 3.26. The number of aromatic amines is 1. The van der Waals surface area contributed by atoms with Gasteiger partial charge in [0.25, 0.3) is 5.91 Å². The summed E-state index contributed by atoms with van der Waals surface area (Å²) in [7, 11) is 0. The number of rotatable bonds is 1. The van der Waals surface area contributed by atoms with Gasteiger partial charge in [-0.05, 0) is 31.9 Å². The number of nitrogens with zero attached hydrogens (tertiary/aromatic N) is 2. The van der Waals surface area contributed by atoms with E-state index in [1.54, 1.807) is 0 Å². The van der Waals surface area contributed by atoms with Crippen molar-refractivity contribution in [1.29, 1.82) is 0 Å². The first kappa shape index (κ1) is 16.3. The molecule has 0 radical (unpaired) electrons. The third kappa shape index (κ3) is 3.09. The zero-order valence-electron chi connectivity index (χ0n) is 13.0. The standard InChI is InChI=1S/C15H24N4O.ClH/c1-15(2,3)13-8-12(17-18-13)14(20)19-10-4-5-11(19)9-16-7-6-10;/h8,10-11,16H,4-7,9H2,1-3H3,(H,17,18);1H. The number of nitrogens with one attached hydrogen (secondary N) is 2. The summed E-state index contributed by atoms with van der Waals surface area (Å²) in [6.07, 6.45) is 3.30. The van der Waals surface area contributed by atoms with Crippen molar-refractivity contribution in [3.05, 3.63) is 17.5 Å². The van der Waals surface area contributed by atoms with Crippen LogP contribution in [-0.2, 0) is 5.41 Å². The van der Waals surface area contributed by atoms with Crippen LogP contribution >= 0.6 is 12.4 Å². The first-order valence-corrected chi connectivity index (χ1v) is 7.56. The van der Waals surface area contributed by atoms with Gasteiger partial charge in [-0.3, -0.25) is 9.89 Å². The number of fused-ring (bicyclic) bond motifs is 2. The molecule has 0 aliphatic carbocycles. The Kier molecular flexibility index (Phi) is 4.63. The average Bonchev–Trinajstić information content (AvgIpc) is 2.92. The molecule has 3 heterocycles. The summed E-state index contributed by atoms with van der Waals surface area (Å²) in [4.78, 5) is 14.8. The summed E-state index contributed by atoms with van der Waals surface area (Å²) in [5.74, 6) is 0.0907. The maximum Gasteiger partial charge on any atom is 0.274 e. The van der Waals surface area contributed by atoms with Crippen LogP contribution in [-0.4, -0.2) is 46.2 Å². The van der Waals surface area contributed by atoms with E-state index in [0.29, 0.717) is 17.8 Å². The van der Waals surface area contributed by atoms with Gasteiger partial charge in [0.1, 0.15) is 5.69 Å². The Morgan fingerprint density at radius 1 is 1.29 bits per heavy atom. The Hall–Kier alpha value is -1.07. The third-order valence-corrected chi connectivity index (χ3v) is 4.49. The second-order valence-electron chi connectivity index (χ2n) is 7.01. The minimum Gasteiger partial charge on any atom is -0.330 e. The highest BCUT2D eigenvalue weighted by molar-refractivity contribution is 5.93. The molecule has 2 saturated heterocycles. The zero-order valence-corrected chi connectivity index (χ0v) is 13.8. The second-order valence-corrected chi connectivity index (χ2v) is 7.01. The average molecular weight is 313 g/mol. The van der Waals surface area contributed by atoms with Gasteiger partial charge in [-0.15, -0.1) is 12.4 Å². The van der Waals surface area contributed by atoms with Crippen LogP contribution in [0.1, 0.15) is 56.2 Å². The lowest BCUT2D eigenvalue weighted by Crippen LogP contribution is -2.42. The molecule has 6 heteroatoms. The largest absolute Gasteiger partial charge is 0.330 e. The summed E-state index contributed by atoms with van der Waals surface area (Å²) in [5.41, 5.74) is 1.57. The van der Waals surface area contributed by atoms with Crippen molar-refractivity contribution in [3.8, 4) is 0 Å². The number of halogens is 1. The Morgan fingerprint density at radius 2 is 2.00 bits per heavy atom. The van der Waals surface area contributed by atoms with Gasteiger partial charge >= 0.3 is 0 Å². The molecule has 2 fully saturated rings. The number of amides is 1. The molecule has 0 saturated carbocycles. The molecular weight excluding hydrogens is 288 g/mol. The van der Waals surface area contributed by atoms with Gasteiger partial charge in [0.15, 0.2) is 0 Å². The molecule has 1 aromatic heterocycles. The number of hydrogen-bond donors (Lipinski definition) is 2. The van der Waals surface area contributed by atoms with E-state index in [4.69, 9.17) is 0 Å². The lowest BCUT2D eigenvalue weighted by atomic mass is 9.92. The Bertz CT molecular complexity index is 494. The number of carbonyl (C=O) groups excluding carboxylic acids is 1. The van der Waals surface area contributed by atoms with Gasteiger partial charge in [-0.1, -0.05) is 20.8 Å². The maximum atomic E-state index is 12.8. The molecule has 21 heavy (non-hydrogen) atoms. The van der Waals surface area contributed by atoms with Crippen LogP contribution in [0.2, 0.25) is 0 Å². The van der Waals surface area contributed by atoms with Gasteiger partial charge < -0.3 is 10.2 Å². The van der Waals surface area contributed by atoms with E-state index in [1.165, 1.54) is 0 Å². The summed E-state index contributed by atoms with van der Waals surface area (Å²) >= 11 is 0. The molecule has 2 bridgehead atoms. The molecule has 0 spiro atoms. The zero-order chi connectivity index (χ0) is 14.3. The number of hydrogen-bond acceptors (Lipinski definition) is 3. The van der Waals surface area contributed by atoms with Crippen LogP contribution in [0, 0.1) is 0 Å². The monoisotopic (exact) mass is 312 g/mol. The maximum absolute atomic E-state index is 12.8. The fourth-order valence-corrected chi connectivity index (χ4v) is 3.26. The Balaban J connectivity index is 0.00000161. The van der Waals surface area contributed by atoms with E-state index in [1.807, 2.05) is 6.07 Å². The van der Waals surface area contributed by atoms with E-state index in [-0.39, 0.29) is 23.7 Å². The van der Waals surface area contributed by atoms with Gasteiger partial charge in [0.05, 0.1) is 0 Å². The highest BCUT2D eigenvalue weighted by Crippen LogP contribution is 2.30. The molecule has 5 nitrogen and oxygen atoms in total. The van der Waals surface area contributed by atoms with Gasteiger partial charge in [-0.25, -0.2) is 0 Å². The topological polar surface area (TPSA) is 61.0 Å². The van der Waals surface area contributed by atoms with Crippen molar-refractivity contribution < 1.29 is 4.79 Å². The molecule has 3 rings (SSSR count). The molecule has 2 unspecified atom stereocenters. The SMILES string of the molecule is CC(C)(C)c1cc(C(=O)N2C3CCNCC2CC3)n[nH]1.Cl. The minimum absolute atomic E-state index is 0. The van der Waals surface area contributed by atoms with Crippen LogP contribution in [0.3, 0.4) is 0 Å². The molecule has 2 atom stereocenters. The molecular formula is C15H25ClN4O. The van der Waals surface area contributed by atoms with Crippen molar-refractivity contribution in [2.75, 3.05) is 13.1 Å². The normalized spacial score (nSPS) is 25.4. The number of H-pyrrole nitrogens is 1. The summed E-state index contributed by atoms with van der Waals surface area (Å²) < 4.78 is 0. The first-order valence-electron chi connectivity index (χ1n) is 7.56. The van der Waals surface area contributed by atoms with Crippen molar-refractivity contribution >= 4 is 18.3 Å². The quantitative estimate of drug-likeness (QED) is 0.835. The van der Waals surface area contributed by atoms with Crippen molar-refractivity contribution in [1.82, 2.24) is 20.4 Å². The van der Waals surface area contributed by atoms with Crippen molar-refractivity contribution in [3.63, 3.8) is 0 Å². The van der Waals surface area contributed by atoms with Crippen LogP contribution in [0.5, 0.6) is 0 Å². The van der Waals surface area contributed by atoms with Crippen molar-refractivity contribution in [2.24, 2.45) is 0 Å². The van der Waals surface area contributed by atoms with Gasteiger partial charge in [0, 0.05) is 29.7 Å². The van der Waals surface area contributed by atoms with E-state index in [2.05, 4.69) is 41.2 Å². The minimum atomic E-state index is -0.00907. The van der Waals surface area contributed by atoms with E-state index in [9.17, 15) is 4.79 Å². The van der Waals surface area contributed by atoms with Crippen LogP contribution < -0.4 is 5.32 Å².